The van der Waals surface area contributed by atoms with E-state index in [0.717, 1.165) is 44.4 Å². The van der Waals surface area contributed by atoms with E-state index >= 15 is 0 Å². The fraction of sp³-hybridized carbons (Fsp3) is 0.250. The van der Waals surface area contributed by atoms with Gasteiger partial charge in [-0.1, -0.05) is 41.4 Å². The summed E-state index contributed by atoms with van der Waals surface area (Å²) in [6.07, 6.45) is 2.00. The molecule has 29 heavy (non-hydrogen) atoms. The van der Waals surface area contributed by atoms with Crippen LogP contribution in [0.25, 0.3) is 5.69 Å². The number of carbonyl (C=O) groups is 1. The molecule has 1 aromatic heterocycles. The van der Waals surface area contributed by atoms with E-state index in [0.29, 0.717) is 6.42 Å². The molecule has 1 heterocycles. The molecule has 0 radical (unpaired) electrons. The van der Waals surface area contributed by atoms with Gasteiger partial charge in [0.15, 0.2) is 0 Å². The Morgan fingerprint density at radius 2 is 1.79 bits per heavy atom. The zero-order chi connectivity index (χ0) is 21.1. The summed E-state index contributed by atoms with van der Waals surface area (Å²) in [5.41, 5.74) is 11.1. The van der Waals surface area contributed by atoms with Gasteiger partial charge in [-0.2, -0.15) is 5.10 Å². The van der Waals surface area contributed by atoms with Gasteiger partial charge in [-0.25, -0.2) is 5.43 Å². The largest absolute Gasteiger partial charge is 0.318 e. The highest BCUT2D eigenvalue weighted by atomic mass is 35.5. The second kappa shape index (κ2) is 8.66. The molecule has 0 spiro atoms. The SMILES string of the molecule is Cc1ccc(CC(=O)N/N=C/c2cc(C)n(-c3ccc(C)c(Cl)c3)c2C)c(C)c1. The number of hydrazone groups is 1. The third-order valence-corrected chi connectivity index (χ3v) is 5.53. The second-order valence-electron chi connectivity index (χ2n) is 7.50. The lowest BCUT2D eigenvalue weighted by Gasteiger charge is -2.11. The van der Waals surface area contributed by atoms with Crippen LogP contribution in [-0.2, 0) is 11.2 Å². The third-order valence-electron chi connectivity index (χ3n) is 5.13. The minimum absolute atomic E-state index is 0.132. The van der Waals surface area contributed by atoms with E-state index in [1.807, 2.05) is 71.0 Å². The van der Waals surface area contributed by atoms with Gasteiger partial charge in [0.2, 0.25) is 5.91 Å². The van der Waals surface area contributed by atoms with E-state index in [9.17, 15) is 4.79 Å². The molecule has 0 atom stereocenters. The van der Waals surface area contributed by atoms with Gasteiger partial charge in [-0.05, 0) is 69.5 Å². The number of aryl methyl sites for hydroxylation is 4. The van der Waals surface area contributed by atoms with Crippen molar-refractivity contribution in [3.05, 3.63) is 86.7 Å². The lowest BCUT2D eigenvalue weighted by molar-refractivity contribution is -0.120. The molecule has 3 rings (SSSR count). The van der Waals surface area contributed by atoms with Crippen molar-refractivity contribution in [2.24, 2.45) is 5.10 Å². The number of rotatable bonds is 5. The average molecular weight is 408 g/mol. The number of hydrogen-bond acceptors (Lipinski definition) is 2. The zero-order valence-corrected chi connectivity index (χ0v) is 18.3. The molecule has 0 fully saturated rings. The summed E-state index contributed by atoms with van der Waals surface area (Å²) in [5.74, 6) is -0.132. The maximum Gasteiger partial charge on any atom is 0.244 e. The molecule has 0 aliphatic rings. The van der Waals surface area contributed by atoms with E-state index in [1.54, 1.807) is 6.21 Å². The molecule has 150 valence electrons. The van der Waals surface area contributed by atoms with Crippen LogP contribution in [0.4, 0.5) is 0 Å². The van der Waals surface area contributed by atoms with Crippen molar-refractivity contribution in [1.82, 2.24) is 9.99 Å². The Morgan fingerprint density at radius 1 is 1.03 bits per heavy atom. The van der Waals surface area contributed by atoms with Gasteiger partial charge >= 0.3 is 0 Å². The number of hydrogen-bond donors (Lipinski definition) is 1. The van der Waals surface area contributed by atoms with Gasteiger partial charge in [0, 0.05) is 27.7 Å². The molecule has 4 nitrogen and oxygen atoms in total. The summed E-state index contributed by atoms with van der Waals surface area (Å²) in [7, 11) is 0. The van der Waals surface area contributed by atoms with Crippen molar-refractivity contribution >= 4 is 23.7 Å². The predicted octanol–water partition coefficient (Wildman–Crippen LogP) is 5.37. The minimum atomic E-state index is -0.132. The number of nitrogens with one attached hydrogen (secondary N) is 1. The van der Waals surface area contributed by atoms with Crippen molar-refractivity contribution in [2.45, 2.75) is 41.0 Å². The first-order valence-corrected chi connectivity index (χ1v) is 9.97. The Kier molecular flexibility index (Phi) is 6.23. The normalized spacial score (nSPS) is 11.2. The number of aromatic nitrogens is 1. The molecule has 3 aromatic rings. The first kappa shape index (κ1) is 20.9. The summed E-state index contributed by atoms with van der Waals surface area (Å²) in [6.45, 7) is 10.1. The van der Waals surface area contributed by atoms with Crippen molar-refractivity contribution < 1.29 is 4.79 Å². The van der Waals surface area contributed by atoms with Gasteiger partial charge in [0.25, 0.3) is 0 Å². The van der Waals surface area contributed by atoms with Crippen LogP contribution in [0.5, 0.6) is 0 Å². The molecule has 0 aliphatic heterocycles. The summed E-state index contributed by atoms with van der Waals surface area (Å²) >= 11 is 6.29. The number of halogens is 1. The number of carbonyl (C=O) groups excluding carboxylic acids is 1. The van der Waals surface area contributed by atoms with Gasteiger partial charge in [-0.15, -0.1) is 0 Å². The number of amides is 1. The molecule has 0 unspecified atom stereocenters. The van der Waals surface area contributed by atoms with Crippen LogP contribution in [0.3, 0.4) is 0 Å². The van der Waals surface area contributed by atoms with E-state index < -0.39 is 0 Å². The lowest BCUT2D eigenvalue weighted by Crippen LogP contribution is -2.20. The van der Waals surface area contributed by atoms with Crippen molar-refractivity contribution in [1.29, 1.82) is 0 Å². The van der Waals surface area contributed by atoms with Crippen molar-refractivity contribution in [3.63, 3.8) is 0 Å². The van der Waals surface area contributed by atoms with Crippen LogP contribution in [0.15, 0.2) is 47.6 Å². The average Bonchev–Trinajstić information content (AvgIpc) is 2.93. The first-order chi connectivity index (χ1) is 13.8. The van der Waals surface area contributed by atoms with Crippen molar-refractivity contribution in [3.8, 4) is 5.69 Å². The maximum absolute atomic E-state index is 12.2. The third kappa shape index (κ3) is 4.77. The summed E-state index contributed by atoms with van der Waals surface area (Å²) in [5, 5.41) is 4.90. The Hall–Kier alpha value is -2.85. The first-order valence-electron chi connectivity index (χ1n) is 9.59. The van der Waals surface area contributed by atoms with Crippen LogP contribution in [-0.4, -0.2) is 16.7 Å². The summed E-state index contributed by atoms with van der Waals surface area (Å²) < 4.78 is 2.13. The molecular formula is C24H26ClN3O. The molecular weight excluding hydrogens is 382 g/mol. The highest BCUT2D eigenvalue weighted by Crippen LogP contribution is 2.24. The monoisotopic (exact) mass is 407 g/mol. The van der Waals surface area contributed by atoms with Gasteiger partial charge in [0.1, 0.15) is 0 Å². The molecule has 5 heteroatoms. The fourth-order valence-electron chi connectivity index (χ4n) is 3.47. The minimum Gasteiger partial charge on any atom is -0.318 e. The molecule has 0 aliphatic carbocycles. The van der Waals surface area contributed by atoms with Gasteiger partial charge in [-0.3, -0.25) is 4.79 Å². The molecule has 0 saturated carbocycles. The van der Waals surface area contributed by atoms with Crippen LogP contribution >= 0.6 is 11.6 Å². The molecule has 1 N–H and O–H groups in total. The number of nitrogens with zero attached hydrogens (tertiary/aromatic N) is 2. The maximum atomic E-state index is 12.2. The van der Waals surface area contributed by atoms with Crippen LogP contribution in [0.2, 0.25) is 5.02 Å². The van der Waals surface area contributed by atoms with E-state index in [2.05, 4.69) is 21.2 Å². The van der Waals surface area contributed by atoms with E-state index in [-0.39, 0.29) is 5.91 Å². The Labute approximate surface area is 177 Å². The Morgan fingerprint density at radius 3 is 2.48 bits per heavy atom. The van der Waals surface area contributed by atoms with Gasteiger partial charge in [0.05, 0.1) is 12.6 Å². The molecule has 0 saturated heterocycles. The topological polar surface area (TPSA) is 46.4 Å². The Balaban J connectivity index is 1.72. The summed E-state index contributed by atoms with van der Waals surface area (Å²) in [4.78, 5) is 12.2. The lowest BCUT2D eigenvalue weighted by atomic mass is 10.0. The van der Waals surface area contributed by atoms with Gasteiger partial charge < -0.3 is 4.57 Å². The van der Waals surface area contributed by atoms with E-state index in [4.69, 9.17) is 11.6 Å². The standard InChI is InChI=1S/C24H26ClN3O/c1-15-6-8-20(17(3)10-15)12-24(29)27-26-14-21-11-18(4)28(19(21)5)22-9-7-16(2)23(25)13-22/h6-11,13-14H,12H2,1-5H3,(H,27,29)/b26-14+. The highest BCUT2D eigenvalue weighted by molar-refractivity contribution is 6.31. The second-order valence-corrected chi connectivity index (χ2v) is 7.90. The van der Waals surface area contributed by atoms with Crippen LogP contribution in [0, 0.1) is 34.6 Å². The molecule has 2 aromatic carbocycles. The fourth-order valence-corrected chi connectivity index (χ4v) is 3.64. The predicted molar refractivity (Wildman–Crippen MR) is 120 cm³/mol. The molecule has 0 bridgehead atoms. The highest BCUT2D eigenvalue weighted by Gasteiger charge is 2.11. The number of benzene rings is 2. The van der Waals surface area contributed by atoms with Crippen LogP contribution in [0.1, 0.15) is 39.2 Å². The smallest absolute Gasteiger partial charge is 0.244 e. The van der Waals surface area contributed by atoms with E-state index in [1.165, 1.54) is 5.56 Å². The summed E-state index contributed by atoms with van der Waals surface area (Å²) in [6, 6.07) is 14.2. The van der Waals surface area contributed by atoms with Crippen LogP contribution < -0.4 is 5.43 Å². The van der Waals surface area contributed by atoms with Crippen molar-refractivity contribution in [2.75, 3.05) is 0 Å². The zero-order valence-electron chi connectivity index (χ0n) is 17.5. The quantitative estimate of drug-likeness (QED) is 0.448. The molecule has 1 amide bonds. The Bertz CT molecular complexity index is 1100.